The van der Waals surface area contributed by atoms with E-state index in [2.05, 4.69) is 25.9 Å². The van der Waals surface area contributed by atoms with Gasteiger partial charge >= 0.3 is 0 Å². The normalized spacial score (nSPS) is 17.5. The maximum Gasteiger partial charge on any atom is 0.287 e. The fourth-order valence-corrected chi connectivity index (χ4v) is 6.91. The molecule has 0 bridgehead atoms. The van der Waals surface area contributed by atoms with Gasteiger partial charge in [-0.25, -0.2) is 4.39 Å². The van der Waals surface area contributed by atoms with Crippen LogP contribution >= 0.6 is 0 Å². The lowest BCUT2D eigenvalue weighted by atomic mass is 9.83. The molecule has 1 saturated heterocycles. The first kappa shape index (κ1) is 37.7. The van der Waals surface area contributed by atoms with E-state index < -0.39 is 41.5 Å². The van der Waals surface area contributed by atoms with Crippen molar-refractivity contribution >= 4 is 29.3 Å². The van der Waals surface area contributed by atoms with E-state index in [1.165, 1.54) is 12.1 Å². The molecule has 2 fully saturated rings. The van der Waals surface area contributed by atoms with Crippen LogP contribution in [-0.4, -0.2) is 108 Å². The number of amides is 4. The topological polar surface area (TPSA) is 145 Å². The van der Waals surface area contributed by atoms with Crippen molar-refractivity contribution in [3.05, 3.63) is 71.2 Å². The average Bonchev–Trinajstić information content (AvgIpc) is 3.80. The Kier molecular flexibility index (Phi) is 12.6. The number of piperazine rings is 1. The Hall–Kier alpha value is -4.56. The first-order chi connectivity index (χ1) is 24.4. The van der Waals surface area contributed by atoms with E-state index in [0.717, 1.165) is 32.1 Å². The van der Waals surface area contributed by atoms with Crippen LogP contribution < -0.4 is 16.0 Å². The fourth-order valence-electron chi connectivity index (χ4n) is 6.91. The maximum absolute atomic E-state index is 15.8. The van der Waals surface area contributed by atoms with Crippen molar-refractivity contribution in [2.24, 2.45) is 5.92 Å². The van der Waals surface area contributed by atoms with Gasteiger partial charge < -0.3 is 35.1 Å². The molecule has 3 aromatic rings. The van der Waals surface area contributed by atoms with Crippen molar-refractivity contribution in [2.75, 3.05) is 52.6 Å². The number of benzene rings is 1. The van der Waals surface area contributed by atoms with E-state index in [1.807, 2.05) is 33.0 Å². The Morgan fingerprint density at radius 3 is 2.37 bits per heavy atom. The summed E-state index contributed by atoms with van der Waals surface area (Å²) in [6.45, 7) is 7.04. The third kappa shape index (κ3) is 9.41. The van der Waals surface area contributed by atoms with Gasteiger partial charge in [-0.3, -0.25) is 23.9 Å². The van der Waals surface area contributed by atoms with Crippen LogP contribution in [0, 0.1) is 11.7 Å². The van der Waals surface area contributed by atoms with Crippen LogP contribution in [0.4, 0.5) is 10.1 Å². The summed E-state index contributed by atoms with van der Waals surface area (Å²) in [5.74, 6) is -2.45. The minimum absolute atomic E-state index is 0.0420. The Morgan fingerprint density at radius 1 is 0.980 bits per heavy atom. The number of carbonyl (C=O) groups is 4. The number of anilines is 1. The Bertz CT molecular complexity index is 1670. The summed E-state index contributed by atoms with van der Waals surface area (Å²) in [4.78, 5) is 60.1. The Balaban J connectivity index is 1.34. The summed E-state index contributed by atoms with van der Waals surface area (Å²) >= 11 is 0. The van der Waals surface area contributed by atoms with Gasteiger partial charge in [-0.1, -0.05) is 32.3 Å². The molecule has 1 aliphatic carbocycles. The van der Waals surface area contributed by atoms with Gasteiger partial charge in [0.25, 0.3) is 11.8 Å². The number of furan rings is 1. The summed E-state index contributed by atoms with van der Waals surface area (Å²) < 4.78 is 23.2. The van der Waals surface area contributed by atoms with Gasteiger partial charge in [-0.05, 0) is 82.7 Å². The van der Waals surface area contributed by atoms with Crippen molar-refractivity contribution in [3.63, 3.8) is 0 Å². The fraction of sp³-hybridized carbons (Fsp3) is 0.541. The second kappa shape index (κ2) is 17.1. The first-order valence-corrected chi connectivity index (χ1v) is 17.9. The number of hydrogen-bond donors (Lipinski definition) is 3. The molecule has 3 atom stereocenters. The lowest BCUT2D eigenvalue weighted by molar-refractivity contribution is -0.135. The van der Waals surface area contributed by atoms with Crippen LogP contribution in [0.25, 0.3) is 0 Å². The number of hydrogen-bond acceptors (Lipinski definition) is 8. The van der Waals surface area contributed by atoms with Crippen LogP contribution in [0.2, 0.25) is 0 Å². The number of nitrogens with one attached hydrogen (secondary N) is 3. The number of halogens is 1. The highest BCUT2D eigenvalue weighted by Crippen LogP contribution is 2.29. The molecule has 1 aromatic carbocycles. The number of rotatable bonds is 13. The van der Waals surface area contributed by atoms with E-state index in [0.29, 0.717) is 56.3 Å². The van der Waals surface area contributed by atoms with Gasteiger partial charge in [0.2, 0.25) is 11.8 Å². The van der Waals surface area contributed by atoms with Crippen LogP contribution in [-0.2, 0) is 22.7 Å². The van der Waals surface area contributed by atoms with Crippen molar-refractivity contribution in [3.8, 4) is 0 Å². The molecule has 1 aliphatic heterocycles. The number of aromatic nitrogens is 2. The minimum atomic E-state index is -1.01. The Morgan fingerprint density at radius 2 is 1.71 bits per heavy atom. The SMILES string of the molecule is CCn1nccc1C(=O)N[C@H](C(=O)Nc1ccc([C@H](C)[C@@H](NC(=O)c2ccc(CN(C)C)o2)C(=O)N2CCN(C)CC2)cc1F)C1CCCCC1. The second-order valence-corrected chi connectivity index (χ2v) is 14.0. The second-order valence-electron chi connectivity index (χ2n) is 14.0. The lowest BCUT2D eigenvalue weighted by Gasteiger charge is -2.36. The summed E-state index contributed by atoms with van der Waals surface area (Å²) in [6.07, 6.45) is 6.04. The predicted molar refractivity (Wildman–Crippen MR) is 191 cm³/mol. The summed E-state index contributed by atoms with van der Waals surface area (Å²) in [5.41, 5.74) is 0.778. The molecule has 3 heterocycles. The van der Waals surface area contributed by atoms with Crippen LogP contribution in [0.1, 0.15) is 84.2 Å². The van der Waals surface area contributed by atoms with E-state index in [4.69, 9.17) is 4.42 Å². The molecule has 0 spiro atoms. The third-order valence-corrected chi connectivity index (χ3v) is 9.94. The highest BCUT2D eigenvalue weighted by molar-refractivity contribution is 6.01. The third-order valence-electron chi connectivity index (χ3n) is 9.94. The molecule has 3 N–H and O–H groups in total. The van der Waals surface area contributed by atoms with Crippen LogP contribution in [0.5, 0.6) is 0 Å². The molecule has 2 aliphatic rings. The molecule has 2 aromatic heterocycles. The molecule has 1 saturated carbocycles. The minimum Gasteiger partial charge on any atom is -0.455 e. The molecule has 14 heteroatoms. The lowest BCUT2D eigenvalue weighted by Crippen LogP contribution is -2.55. The van der Waals surface area contributed by atoms with Gasteiger partial charge in [0.15, 0.2) is 5.76 Å². The quantitative estimate of drug-likeness (QED) is 0.244. The number of nitrogens with zero attached hydrogens (tertiary/aromatic N) is 5. The van der Waals surface area contributed by atoms with Crippen LogP contribution in [0.15, 0.2) is 47.0 Å². The van der Waals surface area contributed by atoms with Gasteiger partial charge in [0, 0.05) is 44.8 Å². The van der Waals surface area contributed by atoms with Crippen molar-refractivity contribution in [2.45, 2.75) is 77.0 Å². The number of aryl methyl sites for hydroxylation is 1. The molecule has 51 heavy (non-hydrogen) atoms. The molecule has 276 valence electrons. The predicted octanol–water partition coefficient (Wildman–Crippen LogP) is 3.69. The molecule has 5 rings (SSSR count). The van der Waals surface area contributed by atoms with Gasteiger partial charge in [0.05, 0.1) is 12.2 Å². The van der Waals surface area contributed by atoms with E-state index in [-0.39, 0.29) is 23.3 Å². The molecule has 0 unspecified atom stereocenters. The zero-order valence-electron chi connectivity index (χ0n) is 30.3. The molecule has 0 radical (unpaired) electrons. The Labute approximate surface area is 298 Å². The van der Waals surface area contributed by atoms with Crippen molar-refractivity contribution < 1.29 is 28.0 Å². The average molecular weight is 707 g/mol. The number of carbonyl (C=O) groups excluding carboxylic acids is 4. The van der Waals surface area contributed by atoms with Gasteiger partial charge in [-0.15, -0.1) is 0 Å². The molecule has 4 amide bonds. The van der Waals surface area contributed by atoms with Gasteiger partial charge in [-0.2, -0.15) is 5.10 Å². The zero-order chi connectivity index (χ0) is 36.7. The molecular formula is C37H51FN8O5. The van der Waals surface area contributed by atoms with E-state index >= 15 is 4.39 Å². The monoisotopic (exact) mass is 706 g/mol. The smallest absolute Gasteiger partial charge is 0.287 e. The van der Waals surface area contributed by atoms with E-state index in [9.17, 15) is 19.2 Å². The summed E-state index contributed by atoms with van der Waals surface area (Å²) in [6, 6.07) is 7.43. The standard InChI is InChI=1S/C37H51FN8O5/c1-6-46-30(16-17-39-46)34(47)42-33(25-10-8-7-9-11-25)36(49)40-29-14-12-26(22-28(29)38)24(2)32(37(50)45-20-18-44(5)19-21-45)41-35(48)31-15-13-27(51-31)23-43(3)4/h12-17,22,24-25,32-33H,6-11,18-21,23H2,1-5H3,(H,40,49)(H,41,48)(H,42,47)/t24-,32+,33-/m0/s1. The van der Waals surface area contributed by atoms with Crippen molar-refractivity contribution in [1.29, 1.82) is 0 Å². The molecular weight excluding hydrogens is 655 g/mol. The zero-order valence-corrected chi connectivity index (χ0v) is 30.3. The largest absolute Gasteiger partial charge is 0.455 e. The van der Waals surface area contributed by atoms with E-state index in [1.54, 1.807) is 47.0 Å². The summed E-state index contributed by atoms with van der Waals surface area (Å²) in [7, 11) is 5.77. The summed E-state index contributed by atoms with van der Waals surface area (Å²) in [5, 5.41) is 12.7. The highest BCUT2D eigenvalue weighted by atomic mass is 19.1. The van der Waals surface area contributed by atoms with Gasteiger partial charge in [0.1, 0.15) is 29.4 Å². The molecule has 13 nitrogen and oxygen atoms in total. The van der Waals surface area contributed by atoms with Crippen molar-refractivity contribution in [1.82, 2.24) is 35.1 Å². The highest BCUT2D eigenvalue weighted by Gasteiger charge is 2.35. The van der Waals surface area contributed by atoms with Crippen LogP contribution in [0.3, 0.4) is 0 Å². The maximum atomic E-state index is 15.8. The first-order valence-electron chi connectivity index (χ1n) is 17.9. The number of likely N-dealkylation sites (N-methyl/N-ethyl adjacent to an activating group) is 1.